The number of hydrogen-bond donors (Lipinski definition) is 12. The first-order chi connectivity index (χ1) is 46.9. The van der Waals surface area contributed by atoms with Crippen molar-refractivity contribution < 1.29 is 58.5 Å². The first kappa shape index (κ1) is 73.0. The van der Waals surface area contributed by atoms with Crippen LogP contribution in [0.15, 0.2) is 98.9 Å². The molecule has 4 aromatic carbocycles. The summed E-state index contributed by atoms with van der Waals surface area (Å²) in [6.07, 6.45) is 0.882. The van der Waals surface area contributed by atoms with Gasteiger partial charge in [-0.25, -0.2) is 4.79 Å². The molecule has 98 heavy (non-hydrogen) atoms. The molecule has 0 bridgehead atoms. The fourth-order valence-electron chi connectivity index (χ4n) is 11.8. The molecule has 0 spiro atoms. The molecule has 1 fully saturated rings. The number of azide groups is 1. The number of aliphatic carboxylic acids is 1. The molecule has 30 heteroatoms. The van der Waals surface area contributed by atoms with Gasteiger partial charge in [0.2, 0.25) is 41.4 Å². The van der Waals surface area contributed by atoms with Crippen molar-refractivity contribution in [1.82, 2.24) is 51.8 Å². The van der Waals surface area contributed by atoms with Crippen LogP contribution in [0.5, 0.6) is 0 Å². The van der Waals surface area contributed by atoms with Crippen molar-refractivity contribution in [1.29, 1.82) is 0 Å². The summed E-state index contributed by atoms with van der Waals surface area (Å²) in [4.78, 5) is 130. The number of hydrogen-bond acceptors (Lipinski definition) is 16. The Morgan fingerprint density at radius 2 is 1.42 bits per heavy atom. The van der Waals surface area contributed by atoms with Gasteiger partial charge in [-0.05, 0) is 144 Å². The van der Waals surface area contributed by atoms with E-state index in [9.17, 15) is 58.5 Å². The second kappa shape index (κ2) is 33.7. The lowest BCUT2D eigenvalue weighted by atomic mass is 9.84. The third kappa shape index (κ3) is 18.4. The predicted molar refractivity (Wildman–Crippen MR) is 363 cm³/mol. The zero-order valence-electron chi connectivity index (χ0n) is 54.7. The molecule has 1 aliphatic carbocycles. The quantitative estimate of drug-likeness (QED) is 0.00668. The molecule has 3 aliphatic rings. The lowest BCUT2D eigenvalue weighted by Gasteiger charge is -2.29. The van der Waals surface area contributed by atoms with Crippen molar-refractivity contribution in [3.8, 4) is 23.7 Å². The predicted octanol–water partition coefficient (Wildman–Crippen LogP) is 2.12. The van der Waals surface area contributed by atoms with Crippen molar-refractivity contribution in [2.75, 3.05) is 26.2 Å². The monoisotopic (exact) mass is 1360 g/mol. The number of aliphatic hydroxyl groups excluding tert-OH is 2. The number of primary amides is 1. The number of carboxylic acids is 1. The number of nitrogens with zero attached hydrogens (tertiary/aromatic N) is 8. The molecule has 2 aliphatic heterocycles. The van der Waals surface area contributed by atoms with Crippen LogP contribution in [0.4, 0.5) is 0 Å². The van der Waals surface area contributed by atoms with E-state index in [1.54, 1.807) is 25.6 Å². The number of nitrogens with one attached hydrogen (secondary N) is 6. The molecule has 514 valence electrons. The number of carbonyl (C=O) groups excluding carboxylic acids is 8. The normalized spacial score (nSPS) is 17.1. The van der Waals surface area contributed by atoms with Gasteiger partial charge >= 0.3 is 5.97 Å². The summed E-state index contributed by atoms with van der Waals surface area (Å²) >= 11 is 1.68. The Morgan fingerprint density at radius 3 is 2.06 bits per heavy atom. The molecular weight excluding hydrogens is 1280 g/mol. The number of aliphatic hydroxyl groups is 2. The molecule has 3 heterocycles. The Balaban J connectivity index is 0.908. The maximum atomic E-state index is 14.0. The molecule has 15 N–H and O–H groups in total. The van der Waals surface area contributed by atoms with Crippen molar-refractivity contribution in [3.05, 3.63) is 129 Å². The molecule has 29 nitrogen and oxygen atoms in total. The molecular formula is C68H79N17O12S. The Labute approximate surface area is 568 Å². The van der Waals surface area contributed by atoms with E-state index in [0.29, 0.717) is 12.8 Å². The van der Waals surface area contributed by atoms with Gasteiger partial charge in [-0.3, -0.25) is 48.0 Å². The maximum absolute atomic E-state index is 14.0. The highest BCUT2D eigenvalue weighted by atomic mass is 32.2. The van der Waals surface area contributed by atoms with E-state index in [4.69, 9.17) is 22.7 Å². The number of amides is 8. The van der Waals surface area contributed by atoms with Gasteiger partial charge in [-0.1, -0.05) is 103 Å². The molecule has 1 aromatic heterocycles. The van der Waals surface area contributed by atoms with Gasteiger partial charge in [-0.2, -0.15) is 0 Å². The van der Waals surface area contributed by atoms with Crippen LogP contribution < -0.4 is 49.1 Å². The first-order valence-corrected chi connectivity index (χ1v) is 32.8. The molecule has 1 saturated heterocycles. The lowest BCUT2D eigenvalue weighted by molar-refractivity contribution is -0.149. The van der Waals surface area contributed by atoms with Crippen LogP contribution in [0.3, 0.4) is 0 Å². The summed E-state index contributed by atoms with van der Waals surface area (Å²) < 4.78 is 1.37. The van der Waals surface area contributed by atoms with Gasteiger partial charge < -0.3 is 69.3 Å². The highest BCUT2D eigenvalue weighted by molar-refractivity contribution is 7.99. The molecule has 0 unspecified atom stereocenters. The Hall–Kier alpha value is -10.8. The molecule has 5 aromatic rings. The number of guanidine groups is 1. The number of aryl methyl sites for hydroxylation is 1. The van der Waals surface area contributed by atoms with Crippen LogP contribution >= 0.6 is 11.8 Å². The number of rotatable bonds is 27. The second-order valence-electron chi connectivity index (χ2n) is 24.3. The number of benzene rings is 4. The Morgan fingerprint density at radius 1 is 0.776 bits per heavy atom. The second-order valence-corrected chi connectivity index (χ2v) is 25.4. The zero-order valence-corrected chi connectivity index (χ0v) is 55.5. The third-order valence-electron chi connectivity index (χ3n) is 16.7. The minimum atomic E-state index is -1.88. The van der Waals surface area contributed by atoms with Gasteiger partial charge in [0.25, 0.3) is 5.91 Å². The minimum Gasteiger partial charge on any atom is -0.480 e. The summed E-state index contributed by atoms with van der Waals surface area (Å²) in [5, 5.41) is 59.1. The van der Waals surface area contributed by atoms with E-state index in [-0.39, 0.29) is 69.4 Å². The van der Waals surface area contributed by atoms with Crippen LogP contribution in [0.1, 0.15) is 123 Å². The van der Waals surface area contributed by atoms with E-state index in [1.165, 1.54) is 39.9 Å². The fraction of sp³-hybridized carbons (Fsp3) is 0.412. The van der Waals surface area contributed by atoms with Crippen molar-refractivity contribution >= 4 is 92.9 Å². The van der Waals surface area contributed by atoms with Crippen LogP contribution in [0.25, 0.3) is 32.4 Å². The topological polar surface area (TPSA) is 460 Å². The van der Waals surface area contributed by atoms with Crippen molar-refractivity contribution in [2.45, 2.75) is 151 Å². The Kier molecular flexibility index (Phi) is 25.1. The summed E-state index contributed by atoms with van der Waals surface area (Å²) in [7, 11) is 0. The van der Waals surface area contributed by atoms with E-state index in [0.717, 1.165) is 61.2 Å². The zero-order chi connectivity index (χ0) is 70.9. The SMILES string of the molecule is CC(C)[C@H](NC(=O)[C@H](CCCN=C(N)N)NC(=O)[C@@H](NC(=O)[C@H](CC(N)=O)NC(=O)[C@H](CO)NC(=O)c1cn(CCC#Cc2ccc3c(c2)/C(=C2/c4c(ccc5ccccc45)C[C@H]2C)c2cc(C#CCCN=[N+]=[N-])ccc2S3)nn1)[C@@H](C)O)C(=O)N[C@@H](C)C(=O)N1CCC[C@H]1C(=O)O. The number of nitrogens with two attached hydrogens (primary N) is 3. The van der Waals surface area contributed by atoms with Crippen LogP contribution in [0, 0.1) is 35.5 Å². The summed E-state index contributed by atoms with van der Waals surface area (Å²) in [5.41, 5.74) is 33.5. The number of carboxylic acid groups (broad SMARTS) is 1. The Bertz CT molecular complexity index is 4160. The van der Waals surface area contributed by atoms with Gasteiger partial charge in [0.1, 0.15) is 42.3 Å². The maximum Gasteiger partial charge on any atom is 0.326 e. The van der Waals surface area contributed by atoms with Gasteiger partial charge in [0.15, 0.2) is 11.7 Å². The van der Waals surface area contributed by atoms with Gasteiger partial charge in [0, 0.05) is 58.3 Å². The average Bonchev–Trinajstić information content (AvgIpc) is 1.44. The summed E-state index contributed by atoms with van der Waals surface area (Å²) in [6.45, 7) is 7.55. The van der Waals surface area contributed by atoms with Crippen LogP contribution in [-0.4, -0.2) is 169 Å². The summed E-state index contributed by atoms with van der Waals surface area (Å²) in [6, 6.07) is 14.7. The molecule has 8 rings (SSSR count). The first-order valence-electron chi connectivity index (χ1n) is 32.0. The van der Waals surface area contributed by atoms with E-state index in [1.807, 2.05) is 18.2 Å². The lowest BCUT2D eigenvalue weighted by Crippen LogP contribution is -2.62. The van der Waals surface area contributed by atoms with Crippen LogP contribution in [0.2, 0.25) is 0 Å². The summed E-state index contributed by atoms with van der Waals surface area (Å²) in [5.74, 6) is 3.05. The number of aromatic nitrogens is 3. The average molecular weight is 1360 g/mol. The van der Waals surface area contributed by atoms with Gasteiger partial charge in [-0.15, -0.1) is 5.10 Å². The fourth-order valence-corrected chi connectivity index (χ4v) is 12.9. The third-order valence-corrected chi connectivity index (χ3v) is 17.8. The standard InChI is InChI=1S/C68H79N17O12S/c1-36(2)58(64(93)75-38(4)66(95)85-29-13-19-51(85)67(96)97)79-60(89)47(18-12-26-73-68(70)71)76-65(94)59(39(5)87)80-61(90)48(33-54(69)88)77-63(92)50(35-86)78-62(91)49-34-84(83-81-49)28-11-9-15-41-21-25-53-46(32-41)57(45-31-40(20-24-52(45)98-53)14-8-10-27-74-82-72)55-37(3)30-43-23-22-42-16-6-7-17-44(42)56(43)55/h6-7,16-17,20-25,31-32,34,36-39,47-48,50-51,58-59,86-87H,10-13,18-19,26-30,33,35H2,1-5H3,(H2,69,88)(H,75,93)(H,76,94)(H,77,92)(H,78,91)(H,79,89)(H,80,90)(H,96,97)(H4,70,71,73)/b57-55+/t37-,38+,39-,47+,48+,50+,51+,58+,59+/m1/s1. The minimum absolute atomic E-state index is 0.0195. The molecule has 0 saturated carbocycles. The molecule has 9 atom stereocenters. The number of carbonyl (C=O) groups is 9. The molecule has 0 radical (unpaired) electrons. The highest BCUT2D eigenvalue weighted by Crippen LogP contribution is 2.53. The van der Waals surface area contributed by atoms with E-state index < -0.39 is 121 Å². The largest absolute Gasteiger partial charge is 0.480 e. The highest BCUT2D eigenvalue weighted by Gasteiger charge is 2.40. The number of likely N-dealkylation sites (tertiary alicyclic amines) is 1. The number of fused-ring (bicyclic) bond motifs is 5. The molecule has 8 amide bonds. The van der Waals surface area contributed by atoms with Crippen molar-refractivity contribution in [2.24, 2.45) is 39.1 Å². The smallest absolute Gasteiger partial charge is 0.326 e. The number of allylic oxidation sites excluding steroid dienone is 1. The van der Waals surface area contributed by atoms with Crippen LogP contribution in [-0.2, 0) is 51.3 Å². The van der Waals surface area contributed by atoms with Crippen molar-refractivity contribution in [3.63, 3.8) is 0 Å². The van der Waals surface area contributed by atoms with E-state index in [2.05, 4.69) is 142 Å². The van der Waals surface area contributed by atoms with E-state index >= 15 is 0 Å². The number of aliphatic imine (C=N–C) groups is 1. The van der Waals surface area contributed by atoms with Gasteiger partial charge in [0.05, 0.1) is 31.9 Å².